The van der Waals surface area contributed by atoms with Crippen molar-refractivity contribution in [2.45, 2.75) is 19.8 Å². The highest BCUT2D eigenvalue weighted by Gasteiger charge is 2.29. The Kier molecular flexibility index (Phi) is 4.84. The van der Waals surface area contributed by atoms with Crippen molar-refractivity contribution in [3.63, 3.8) is 0 Å². The number of thioether (sulfide) groups is 1. The SMILES string of the molecule is Cc1nc2ccccn2c1CCC(=O)NCCN1C(=O)CSC1=O. The van der Waals surface area contributed by atoms with Crippen LogP contribution in [-0.4, -0.2) is 50.2 Å². The van der Waals surface area contributed by atoms with E-state index in [2.05, 4.69) is 10.3 Å². The minimum absolute atomic E-state index is 0.105. The van der Waals surface area contributed by atoms with E-state index in [9.17, 15) is 14.4 Å². The lowest BCUT2D eigenvalue weighted by atomic mass is 10.2. The topological polar surface area (TPSA) is 83.8 Å². The zero-order chi connectivity index (χ0) is 17.1. The lowest BCUT2D eigenvalue weighted by Gasteiger charge is -2.13. The van der Waals surface area contributed by atoms with Crippen LogP contribution in [0.5, 0.6) is 0 Å². The van der Waals surface area contributed by atoms with Crippen LogP contribution >= 0.6 is 11.8 Å². The number of hydrogen-bond donors (Lipinski definition) is 1. The van der Waals surface area contributed by atoms with Crippen molar-refractivity contribution in [1.82, 2.24) is 19.6 Å². The van der Waals surface area contributed by atoms with Gasteiger partial charge in [-0.1, -0.05) is 17.8 Å². The van der Waals surface area contributed by atoms with Crippen LogP contribution in [0.3, 0.4) is 0 Å². The number of imide groups is 1. The molecule has 2 aromatic heterocycles. The molecule has 126 valence electrons. The van der Waals surface area contributed by atoms with Crippen LogP contribution < -0.4 is 5.32 Å². The van der Waals surface area contributed by atoms with Crippen molar-refractivity contribution in [2.75, 3.05) is 18.8 Å². The van der Waals surface area contributed by atoms with Crippen molar-refractivity contribution in [3.05, 3.63) is 35.8 Å². The Morgan fingerprint density at radius 2 is 2.21 bits per heavy atom. The first-order valence-corrected chi connectivity index (χ1v) is 8.71. The Labute approximate surface area is 143 Å². The van der Waals surface area contributed by atoms with Gasteiger partial charge in [-0.3, -0.25) is 19.3 Å². The summed E-state index contributed by atoms with van der Waals surface area (Å²) in [4.78, 5) is 40.6. The first-order chi connectivity index (χ1) is 11.6. The third-order valence-corrected chi connectivity index (χ3v) is 4.77. The standard InChI is InChI=1S/C16H18N4O3S/c1-11-12(19-8-3-2-4-13(19)18-11)5-6-14(21)17-7-9-20-15(22)10-24-16(20)23/h2-4,8H,5-7,9-10H2,1H3,(H,17,21). The largest absolute Gasteiger partial charge is 0.354 e. The number of pyridine rings is 1. The minimum atomic E-state index is -0.240. The molecule has 1 saturated heterocycles. The summed E-state index contributed by atoms with van der Waals surface area (Å²) in [5.41, 5.74) is 2.80. The summed E-state index contributed by atoms with van der Waals surface area (Å²) >= 11 is 0.999. The number of rotatable bonds is 6. The van der Waals surface area contributed by atoms with Gasteiger partial charge < -0.3 is 9.72 Å². The molecule has 1 fully saturated rings. The molecule has 1 aliphatic rings. The Morgan fingerprint density at radius 3 is 2.96 bits per heavy atom. The van der Waals surface area contributed by atoms with E-state index in [0.29, 0.717) is 12.8 Å². The van der Waals surface area contributed by atoms with E-state index >= 15 is 0 Å². The highest BCUT2D eigenvalue weighted by atomic mass is 32.2. The van der Waals surface area contributed by atoms with Gasteiger partial charge in [0.15, 0.2) is 0 Å². The molecular weight excluding hydrogens is 328 g/mol. The van der Waals surface area contributed by atoms with E-state index in [-0.39, 0.29) is 35.9 Å². The number of aromatic nitrogens is 2. The van der Waals surface area contributed by atoms with E-state index in [0.717, 1.165) is 28.8 Å². The molecular formula is C16H18N4O3S. The molecule has 3 amide bonds. The summed E-state index contributed by atoms with van der Waals surface area (Å²) < 4.78 is 1.99. The van der Waals surface area contributed by atoms with Gasteiger partial charge in [0.1, 0.15) is 5.65 Å². The molecule has 0 atom stereocenters. The highest BCUT2D eigenvalue weighted by Crippen LogP contribution is 2.17. The Hall–Kier alpha value is -2.35. The number of imidazole rings is 1. The molecule has 0 spiro atoms. The monoisotopic (exact) mass is 346 g/mol. The molecule has 2 aromatic rings. The second-order valence-electron chi connectivity index (χ2n) is 5.52. The van der Waals surface area contributed by atoms with Gasteiger partial charge in [-0.25, -0.2) is 4.98 Å². The van der Waals surface area contributed by atoms with Gasteiger partial charge in [0.2, 0.25) is 11.8 Å². The van der Waals surface area contributed by atoms with Gasteiger partial charge in [0.05, 0.1) is 11.4 Å². The maximum absolute atomic E-state index is 12.0. The molecule has 3 rings (SSSR count). The number of amides is 3. The number of carbonyl (C=O) groups is 3. The first kappa shape index (κ1) is 16.5. The number of nitrogens with zero attached hydrogens (tertiary/aromatic N) is 3. The average Bonchev–Trinajstić information content (AvgIpc) is 3.05. The Morgan fingerprint density at radius 1 is 1.38 bits per heavy atom. The molecule has 0 saturated carbocycles. The van der Waals surface area contributed by atoms with E-state index < -0.39 is 0 Å². The van der Waals surface area contributed by atoms with Gasteiger partial charge in [-0.15, -0.1) is 0 Å². The van der Waals surface area contributed by atoms with Crippen LogP contribution in [0, 0.1) is 6.92 Å². The fourth-order valence-electron chi connectivity index (χ4n) is 2.69. The van der Waals surface area contributed by atoms with Crippen molar-refractivity contribution in [1.29, 1.82) is 0 Å². The van der Waals surface area contributed by atoms with Gasteiger partial charge in [-0.2, -0.15) is 0 Å². The van der Waals surface area contributed by atoms with Gasteiger partial charge in [0.25, 0.3) is 5.24 Å². The van der Waals surface area contributed by atoms with E-state index in [1.165, 1.54) is 4.90 Å². The molecule has 0 unspecified atom stereocenters. The van der Waals surface area contributed by atoms with Crippen LogP contribution in [-0.2, 0) is 16.0 Å². The second kappa shape index (κ2) is 7.04. The fourth-order valence-corrected chi connectivity index (χ4v) is 3.44. The molecule has 7 nitrogen and oxygen atoms in total. The quantitative estimate of drug-likeness (QED) is 0.854. The van der Waals surface area contributed by atoms with E-state index in [1.807, 2.05) is 35.7 Å². The molecule has 1 aliphatic heterocycles. The normalized spacial score (nSPS) is 14.6. The van der Waals surface area contributed by atoms with E-state index in [4.69, 9.17) is 0 Å². The minimum Gasteiger partial charge on any atom is -0.354 e. The number of hydrogen-bond acceptors (Lipinski definition) is 5. The van der Waals surface area contributed by atoms with Gasteiger partial charge >= 0.3 is 0 Å². The average molecular weight is 346 g/mol. The summed E-state index contributed by atoms with van der Waals surface area (Å²) in [5, 5.41) is 2.52. The maximum Gasteiger partial charge on any atom is 0.288 e. The van der Waals surface area contributed by atoms with Crippen LogP contribution in [0.1, 0.15) is 17.8 Å². The summed E-state index contributed by atoms with van der Waals surface area (Å²) in [7, 11) is 0. The van der Waals surface area contributed by atoms with Crippen molar-refractivity contribution in [3.8, 4) is 0 Å². The van der Waals surface area contributed by atoms with Crippen LogP contribution in [0.2, 0.25) is 0 Å². The van der Waals surface area contributed by atoms with Crippen LogP contribution in [0.25, 0.3) is 5.65 Å². The molecule has 0 aliphatic carbocycles. The maximum atomic E-state index is 12.0. The van der Waals surface area contributed by atoms with Gasteiger partial charge in [-0.05, 0) is 25.5 Å². The summed E-state index contributed by atoms with van der Waals surface area (Å²) in [6, 6.07) is 5.79. The second-order valence-corrected chi connectivity index (χ2v) is 6.45. The number of nitrogens with one attached hydrogen (secondary N) is 1. The molecule has 8 heteroatoms. The lowest BCUT2D eigenvalue weighted by molar-refractivity contribution is -0.125. The highest BCUT2D eigenvalue weighted by molar-refractivity contribution is 8.14. The lowest BCUT2D eigenvalue weighted by Crippen LogP contribution is -2.37. The summed E-state index contributed by atoms with van der Waals surface area (Å²) in [6.07, 6.45) is 2.85. The zero-order valence-electron chi connectivity index (χ0n) is 13.3. The smallest absolute Gasteiger partial charge is 0.288 e. The first-order valence-electron chi connectivity index (χ1n) is 7.72. The molecule has 0 bridgehead atoms. The van der Waals surface area contributed by atoms with Gasteiger partial charge in [0, 0.05) is 31.4 Å². The van der Waals surface area contributed by atoms with Crippen molar-refractivity contribution < 1.29 is 14.4 Å². The van der Waals surface area contributed by atoms with Crippen molar-refractivity contribution in [2.24, 2.45) is 0 Å². The Bertz CT molecular complexity index is 786. The Balaban J connectivity index is 1.49. The van der Waals surface area contributed by atoms with Crippen LogP contribution in [0.15, 0.2) is 24.4 Å². The summed E-state index contributed by atoms with van der Waals surface area (Å²) in [5.74, 6) is -0.104. The third kappa shape index (κ3) is 3.43. The third-order valence-electron chi connectivity index (χ3n) is 3.92. The molecule has 24 heavy (non-hydrogen) atoms. The molecule has 0 aromatic carbocycles. The molecule has 3 heterocycles. The fraction of sp³-hybridized carbons (Fsp3) is 0.375. The predicted octanol–water partition coefficient (Wildman–Crippen LogP) is 1.39. The van der Waals surface area contributed by atoms with Crippen LogP contribution in [0.4, 0.5) is 4.79 Å². The van der Waals surface area contributed by atoms with E-state index in [1.54, 1.807) is 0 Å². The number of aryl methyl sites for hydroxylation is 2. The molecule has 1 N–H and O–H groups in total. The number of fused-ring (bicyclic) bond motifs is 1. The summed E-state index contributed by atoms with van der Waals surface area (Å²) in [6.45, 7) is 2.44. The van der Waals surface area contributed by atoms with Crippen molar-refractivity contribution >= 4 is 34.5 Å². The predicted molar refractivity (Wildman–Crippen MR) is 90.8 cm³/mol. The molecule has 0 radical (unpaired) electrons. The zero-order valence-corrected chi connectivity index (χ0v) is 14.1. The number of carbonyl (C=O) groups excluding carboxylic acids is 3.